The highest BCUT2D eigenvalue weighted by atomic mass is 19.4. The average Bonchev–Trinajstić information content (AvgIpc) is 2.29. The van der Waals surface area contributed by atoms with Crippen molar-refractivity contribution in [3.8, 4) is 0 Å². The molecule has 1 aromatic heterocycles. The second-order valence-corrected chi connectivity index (χ2v) is 4.32. The summed E-state index contributed by atoms with van der Waals surface area (Å²) in [5.41, 5.74) is -0.126. The van der Waals surface area contributed by atoms with Crippen LogP contribution in [0.2, 0.25) is 0 Å². The maximum atomic E-state index is 12.5. The standard InChI is InChI=1S/C12H12F3NO/c13-12(14,15)10-5-9(6-16-7-10)8-1-3-11(17)4-2-8/h5-8H,1-4H2. The van der Waals surface area contributed by atoms with Gasteiger partial charge in [0.2, 0.25) is 0 Å². The third-order valence-electron chi connectivity index (χ3n) is 3.10. The molecule has 0 spiro atoms. The first kappa shape index (κ1) is 12.1. The number of carbonyl (C=O) groups excluding carboxylic acids is 1. The Morgan fingerprint density at radius 2 is 1.82 bits per heavy atom. The summed E-state index contributed by atoms with van der Waals surface area (Å²) in [7, 11) is 0. The first-order valence-electron chi connectivity index (χ1n) is 5.50. The van der Waals surface area contributed by atoms with Crippen LogP contribution in [0.5, 0.6) is 0 Å². The van der Waals surface area contributed by atoms with Crippen LogP contribution in [-0.4, -0.2) is 10.8 Å². The largest absolute Gasteiger partial charge is 0.417 e. The fraction of sp³-hybridized carbons (Fsp3) is 0.500. The van der Waals surface area contributed by atoms with Gasteiger partial charge in [0, 0.05) is 25.2 Å². The van der Waals surface area contributed by atoms with Crippen molar-refractivity contribution in [3.05, 3.63) is 29.6 Å². The van der Waals surface area contributed by atoms with Gasteiger partial charge in [0.15, 0.2) is 0 Å². The van der Waals surface area contributed by atoms with Crippen LogP contribution in [0, 0.1) is 0 Å². The van der Waals surface area contributed by atoms with E-state index in [9.17, 15) is 18.0 Å². The van der Waals surface area contributed by atoms with E-state index in [4.69, 9.17) is 0 Å². The average molecular weight is 243 g/mol. The predicted octanol–water partition coefficient (Wildman–Crippen LogP) is 3.33. The Morgan fingerprint density at radius 1 is 1.18 bits per heavy atom. The molecule has 0 unspecified atom stereocenters. The van der Waals surface area contributed by atoms with Crippen LogP contribution >= 0.6 is 0 Å². The van der Waals surface area contributed by atoms with Gasteiger partial charge in [0.1, 0.15) is 5.78 Å². The molecule has 1 heterocycles. The molecule has 5 heteroatoms. The van der Waals surface area contributed by atoms with Crippen molar-refractivity contribution in [2.24, 2.45) is 0 Å². The first-order chi connectivity index (χ1) is 7.97. The van der Waals surface area contributed by atoms with E-state index in [2.05, 4.69) is 4.98 Å². The number of halogens is 3. The van der Waals surface area contributed by atoms with Gasteiger partial charge in [-0.15, -0.1) is 0 Å². The SMILES string of the molecule is O=C1CCC(c2cncc(C(F)(F)F)c2)CC1. The summed E-state index contributed by atoms with van der Waals surface area (Å²) in [5, 5.41) is 0. The highest BCUT2D eigenvalue weighted by molar-refractivity contribution is 5.79. The van der Waals surface area contributed by atoms with E-state index in [0.717, 1.165) is 12.3 Å². The lowest BCUT2D eigenvalue weighted by Gasteiger charge is -2.21. The van der Waals surface area contributed by atoms with Crippen LogP contribution in [0.1, 0.15) is 42.7 Å². The maximum absolute atomic E-state index is 12.5. The van der Waals surface area contributed by atoms with E-state index >= 15 is 0 Å². The highest BCUT2D eigenvalue weighted by Crippen LogP contribution is 2.34. The number of ketones is 1. The Hall–Kier alpha value is -1.39. The van der Waals surface area contributed by atoms with E-state index in [0.29, 0.717) is 31.2 Å². The normalized spacial score (nSPS) is 18.4. The van der Waals surface area contributed by atoms with Crippen molar-refractivity contribution < 1.29 is 18.0 Å². The van der Waals surface area contributed by atoms with Crippen molar-refractivity contribution >= 4 is 5.78 Å². The Kier molecular flexibility index (Phi) is 3.17. The van der Waals surface area contributed by atoms with Gasteiger partial charge in [-0.3, -0.25) is 9.78 Å². The Labute approximate surface area is 96.9 Å². The number of nitrogens with zero attached hydrogens (tertiary/aromatic N) is 1. The Bertz CT molecular complexity index is 418. The van der Waals surface area contributed by atoms with Gasteiger partial charge in [0.25, 0.3) is 0 Å². The predicted molar refractivity (Wildman–Crippen MR) is 55.5 cm³/mol. The van der Waals surface area contributed by atoms with E-state index in [-0.39, 0.29) is 11.7 Å². The molecule has 0 saturated heterocycles. The lowest BCUT2D eigenvalue weighted by Crippen LogP contribution is -2.14. The molecule has 1 saturated carbocycles. The van der Waals surface area contributed by atoms with Crippen LogP contribution in [0.3, 0.4) is 0 Å². The molecule has 1 aliphatic rings. The van der Waals surface area contributed by atoms with Gasteiger partial charge in [-0.1, -0.05) is 0 Å². The third kappa shape index (κ3) is 2.84. The smallest absolute Gasteiger partial charge is 0.300 e. The van der Waals surface area contributed by atoms with E-state index < -0.39 is 11.7 Å². The zero-order valence-electron chi connectivity index (χ0n) is 9.13. The van der Waals surface area contributed by atoms with Crippen molar-refractivity contribution in [2.45, 2.75) is 37.8 Å². The quantitative estimate of drug-likeness (QED) is 0.757. The van der Waals surface area contributed by atoms with Gasteiger partial charge in [-0.25, -0.2) is 0 Å². The molecule has 0 atom stereocenters. The molecule has 1 aliphatic carbocycles. The van der Waals surface area contributed by atoms with Gasteiger partial charge < -0.3 is 0 Å². The van der Waals surface area contributed by atoms with Gasteiger partial charge in [-0.2, -0.15) is 13.2 Å². The van der Waals surface area contributed by atoms with Crippen molar-refractivity contribution in [3.63, 3.8) is 0 Å². The summed E-state index contributed by atoms with van der Waals surface area (Å²) in [5.74, 6) is 0.226. The monoisotopic (exact) mass is 243 g/mol. The molecule has 0 aliphatic heterocycles. The molecule has 1 aromatic rings. The lowest BCUT2D eigenvalue weighted by molar-refractivity contribution is -0.138. The van der Waals surface area contributed by atoms with E-state index in [1.807, 2.05) is 0 Å². The molecule has 2 nitrogen and oxygen atoms in total. The summed E-state index contributed by atoms with van der Waals surface area (Å²) < 4.78 is 37.5. The van der Waals surface area contributed by atoms with Crippen LogP contribution in [-0.2, 0) is 11.0 Å². The Balaban J connectivity index is 2.19. The molecule has 0 aromatic carbocycles. The van der Waals surface area contributed by atoms with Crippen molar-refractivity contribution in [1.82, 2.24) is 4.98 Å². The minimum absolute atomic E-state index is 0.0301. The van der Waals surface area contributed by atoms with Crippen LogP contribution in [0.4, 0.5) is 13.2 Å². The molecule has 0 amide bonds. The topological polar surface area (TPSA) is 30.0 Å². The number of hydrogen-bond donors (Lipinski definition) is 0. The van der Waals surface area contributed by atoms with Gasteiger partial charge in [-0.05, 0) is 30.4 Å². The number of aromatic nitrogens is 1. The number of pyridine rings is 1. The molecule has 0 bridgehead atoms. The lowest BCUT2D eigenvalue weighted by atomic mass is 9.84. The fourth-order valence-electron chi connectivity index (χ4n) is 2.11. The molecule has 92 valence electrons. The number of Topliss-reactive ketones (excluding diaryl/α,β-unsaturated/α-hetero) is 1. The number of alkyl halides is 3. The summed E-state index contributed by atoms with van der Waals surface area (Å²) in [4.78, 5) is 14.7. The zero-order valence-corrected chi connectivity index (χ0v) is 9.13. The Morgan fingerprint density at radius 3 is 2.41 bits per heavy atom. The summed E-state index contributed by atoms with van der Waals surface area (Å²) >= 11 is 0. The minimum atomic E-state index is -4.35. The second kappa shape index (κ2) is 4.47. The molecular weight excluding hydrogens is 231 g/mol. The molecule has 1 fully saturated rings. The molecular formula is C12H12F3NO. The second-order valence-electron chi connectivity index (χ2n) is 4.32. The highest BCUT2D eigenvalue weighted by Gasteiger charge is 2.32. The molecule has 2 rings (SSSR count). The summed E-state index contributed by atoms with van der Waals surface area (Å²) in [6, 6.07) is 1.15. The minimum Gasteiger partial charge on any atom is -0.300 e. The number of rotatable bonds is 1. The summed E-state index contributed by atoms with van der Waals surface area (Å²) in [6.45, 7) is 0. The van der Waals surface area contributed by atoms with E-state index in [1.54, 1.807) is 0 Å². The van der Waals surface area contributed by atoms with Gasteiger partial charge >= 0.3 is 6.18 Å². The van der Waals surface area contributed by atoms with Crippen LogP contribution < -0.4 is 0 Å². The van der Waals surface area contributed by atoms with Crippen LogP contribution in [0.25, 0.3) is 0 Å². The third-order valence-corrected chi connectivity index (χ3v) is 3.10. The maximum Gasteiger partial charge on any atom is 0.417 e. The van der Waals surface area contributed by atoms with E-state index in [1.165, 1.54) is 6.20 Å². The molecule has 0 N–H and O–H groups in total. The number of hydrogen-bond acceptors (Lipinski definition) is 2. The molecule has 0 radical (unpaired) electrons. The van der Waals surface area contributed by atoms with Gasteiger partial charge in [0.05, 0.1) is 5.56 Å². The summed E-state index contributed by atoms with van der Waals surface area (Å²) in [6.07, 6.45) is 0.117. The number of carbonyl (C=O) groups is 1. The van der Waals surface area contributed by atoms with Crippen LogP contribution in [0.15, 0.2) is 18.5 Å². The molecule has 17 heavy (non-hydrogen) atoms. The zero-order chi connectivity index (χ0) is 12.5. The first-order valence-corrected chi connectivity index (χ1v) is 5.50. The van der Waals surface area contributed by atoms with Crippen molar-refractivity contribution in [2.75, 3.05) is 0 Å². The van der Waals surface area contributed by atoms with Crippen molar-refractivity contribution in [1.29, 1.82) is 0 Å². The fourth-order valence-corrected chi connectivity index (χ4v) is 2.11.